The summed E-state index contributed by atoms with van der Waals surface area (Å²) in [6, 6.07) is 0.656. The van der Waals surface area contributed by atoms with Gasteiger partial charge in [-0.3, -0.25) is 5.32 Å². The average molecular weight is 199 g/mol. The van der Waals surface area contributed by atoms with E-state index < -0.39 is 0 Å². The Bertz CT molecular complexity index is 168. The Morgan fingerprint density at radius 2 is 2.14 bits per heavy atom. The van der Waals surface area contributed by atoms with Crippen molar-refractivity contribution in [1.29, 1.82) is 0 Å². The Hall–Kier alpha value is -0.0800. The Morgan fingerprint density at radius 3 is 2.64 bits per heavy atom. The number of rotatable bonds is 4. The second-order valence-corrected chi connectivity index (χ2v) is 5.02. The Morgan fingerprint density at radius 1 is 1.43 bits per heavy atom. The summed E-state index contributed by atoms with van der Waals surface area (Å²) < 4.78 is 5.66. The van der Waals surface area contributed by atoms with Crippen LogP contribution >= 0.6 is 0 Å². The molecule has 0 aliphatic carbocycles. The van der Waals surface area contributed by atoms with Crippen molar-refractivity contribution in [3.05, 3.63) is 0 Å². The molecule has 1 aliphatic rings. The van der Waals surface area contributed by atoms with Crippen LogP contribution in [-0.2, 0) is 4.74 Å². The standard InChI is InChI=1S/C12H25NO/c1-5-7-10(6-2)11-8-12(3,4)14-9-13-11/h10-11,13H,5-9H2,1-4H3. The third kappa shape index (κ3) is 3.25. The summed E-state index contributed by atoms with van der Waals surface area (Å²) in [5, 5.41) is 3.49. The van der Waals surface area contributed by atoms with Crippen LogP contribution in [0.5, 0.6) is 0 Å². The lowest BCUT2D eigenvalue weighted by molar-refractivity contribution is -0.0829. The summed E-state index contributed by atoms with van der Waals surface area (Å²) in [7, 11) is 0. The van der Waals surface area contributed by atoms with Crippen molar-refractivity contribution in [3.8, 4) is 0 Å². The number of ether oxygens (including phenoxy) is 1. The van der Waals surface area contributed by atoms with Gasteiger partial charge in [-0.1, -0.05) is 26.7 Å². The minimum atomic E-state index is 0.0665. The van der Waals surface area contributed by atoms with E-state index in [4.69, 9.17) is 4.74 Å². The average Bonchev–Trinajstić information content (AvgIpc) is 2.12. The van der Waals surface area contributed by atoms with Crippen LogP contribution in [-0.4, -0.2) is 18.4 Å². The van der Waals surface area contributed by atoms with Crippen LogP contribution in [0.15, 0.2) is 0 Å². The number of hydrogen-bond donors (Lipinski definition) is 1. The third-order valence-corrected chi connectivity index (χ3v) is 3.27. The summed E-state index contributed by atoms with van der Waals surface area (Å²) >= 11 is 0. The topological polar surface area (TPSA) is 21.3 Å². The molecular formula is C12H25NO. The fourth-order valence-corrected chi connectivity index (χ4v) is 2.40. The van der Waals surface area contributed by atoms with Gasteiger partial charge in [-0.15, -0.1) is 0 Å². The van der Waals surface area contributed by atoms with E-state index in [0.29, 0.717) is 6.04 Å². The van der Waals surface area contributed by atoms with Gasteiger partial charge in [0.05, 0.1) is 12.3 Å². The van der Waals surface area contributed by atoms with Crippen molar-refractivity contribution in [2.45, 2.75) is 65.0 Å². The first kappa shape index (κ1) is 12.0. The van der Waals surface area contributed by atoms with Crippen LogP contribution in [0.25, 0.3) is 0 Å². The number of hydrogen-bond acceptors (Lipinski definition) is 2. The van der Waals surface area contributed by atoms with Gasteiger partial charge in [0.1, 0.15) is 0 Å². The zero-order valence-corrected chi connectivity index (χ0v) is 10.1. The summed E-state index contributed by atoms with van der Waals surface area (Å²) in [6.45, 7) is 9.68. The van der Waals surface area contributed by atoms with E-state index in [0.717, 1.165) is 19.1 Å². The molecule has 1 saturated heterocycles. The third-order valence-electron chi connectivity index (χ3n) is 3.27. The van der Waals surface area contributed by atoms with Gasteiger partial charge in [0.15, 0.2) is 0 Å². The Labute approximate surface area is 88.4 Å². The lowest BCUT2D eigenvalue weighted by atomic mass is 9.84. The molecule has 1 aliphatic heterocycles. The Balaban J connectivity index is 2.49. The first-order valence-electron chi connectivity index (χ1n) is 5.96. The molecular weight excluding hydrogens is 174 g/mol. The minimum Gasteiger partial charge on any atom is -0.360 e. The predicted octanol–water partition coefficient (Wildman–Crippen LogP) is 2.93. The molecule has 1 N–H and O–H groups in total. The van der Waals surface area contributed by atoms with Crippen LogP contribution < -0.4 is 5.32 Å². The monoisotopic (exact) mass is 199 g/mol. The summed E-state index contributed by atoms with van der Waals surface area (Å²) in [6.07, 6.45) is 5.05. The summed E-state index contributed by atoms with van der Waals surface area (Å²) in [5.74, 6) is 0.822. The second-order valence-electron chi connectivity index (χ2n) is 5.02. The van der Waals surface area contributed by atoms with Crippen molar-refractivity contribution in [2.75, 3.05) is 6.73 Å². The lowest BCUT2D eigenvalue weighted by Gasteiger charge is -2.39. The maximum absolute atomic E-state index is 5.66. The normalized spacial score (nSPS) is 28.7. The van der Waals surface area contributed by atoms with Gasteiger partial charge in [0.2, 0.25) is 0 Å². The molecule has 0 bridgehead atoms. The molecule has 2 nitrogen and oxygen atoms in total. The second kappa shape index (κ2) is 5.13. The molecule has 0 radical (unpaired) electrons. The highest BCUT2D eigenvalue weighted by Crippen LogP contribution is 2.27. The molecule has 2 atom stereocenters. The molecule has 1 fully saturated rings. The van der Waals surface area contributed by atoms with Crippen LogP contribution in [0, 0.1) is 5.92 Å². The highest BCUT2D eigenvalue weighted by Gasteiger charge is 2.31. The molecule has 0 aromatic carbocycles. The van der Waals surface area contributed by atoms with Crippen molar-refractivity contribution in [2.24, 2.45) is 5.92 Å². The van der Waals surface area contributed by atoms with Gasteiger partial charge in [-0.05, 0) is 32.6 Å². The van der Waals surface area contributed by atoms with E-state index in [2.05, 4.69) is 33.0 Å². The van der Waals surface area contributed by atoms with E-state index in [9.17, 15) is 0 Å². The van der Waals surface area contributed by atoms with E-state index in [1.807, 2.05) is 0 Å². The summed E-state index contributed by atoms with van der Waals surface area (Å²) in [5.41, 5.74) is 0.0665. The molecule has 0 amide bonds. The predicted molar refractivity (Wildman–Crippen MR) is 60.3 cm³/mol. The zero-order valence-electron chi connectivity index (χ0n) is 10.1. The molecule has 1 rings (SSSR count). The first-order valence-corrected chi connectivity index (χ1v) is 5.96. The van der Waals surface area contributed by atoms with Gasteiger partial charge in [-0.25, -0.2) is 0 Å². The van der Waals surface area contributed by atoms with Gasteiger partial charge >= 0.3 is 0 Å². The van der Waals surface area contributed by atoms with Crippen LogP contribution in [0.1, 0.15) is 53.4 Å². The molecule has 0 saturated carbocycles. The van der Waals surface area contributed by atoms with E-state index in [1.54, 1.807) is 0 Å². The molecule has 1 heterocycles. The van der Waals surface area contributed by atoms with Crippen molar-refractivity contribution < 1.29 is 4.74 Å². The molecule has 0 aromatic heterocycles. The molecule has 2 heteroatoms. The largest absolute Gasteiger partial charge is 0.360 e. The van der Waals surface area contributed by atoms with Crippen LogP contribution in [0.4, 0.5) is 0 Å². The molecule has 0 aromatic rings. The van der Waals surface area contributed by atoms with Crippen molar-refractivity contribution in [1.82, 2.24) is 5.32 Å². The van der Waals surface area contributed by atoms with Gasteiger partial charge < -0.3 is 4.74 Å². The van der Waals surface area contributed by atoms with E-state index >= 15 is 0 Å². The highest BCUT2D eigenvalue weighted by atomic mass is 16.5. The quantitative estimate of drug-likeness (QED) is 0.751. The zero-order chi connectivity index (χ0) is 10.6. The lowest BCUT2D eigenvalue weighted by Crippen LogP contribution is -2.50. The van der Waals surface area contributed by atoms with Gasteiger partial charge in [0.25, 0.3) is 0 Å². The Kier molecular flexibility index (Phi) is 4.39. The molecule has 84 valence electrons. The maximum Gasteiger partial charge on any atom is 0.0974 e. The van der Waals surface area contributed by atoms with Gasteiger partial charge in [0, 0.05) is 6.04 Å². The fourth-order valence-electron chi connectivity index (χ4n) is 2.40. The smallest absolute Gasteiger partial charge is 0.0974 e. The molecule has 14 heavy (non-hydrogen) atoms. The SMILES string of the molecule is CCCC(CC)C1CC(C)(C)OCN1. The molecule has 0 spiro atoms. The van der Waals surface area contributed by atoms with E-state index in [-0.39, 0.29) is 5.60 Å². The minimum absolute atomic E-state index is 0.0665. The van der Waals surface area contributed by atoms with Gasteiger partial charge in [-0.2, -0.15) is 0 Å². The van der Waals surface area contributed by atoms with E-state index in [1.165, 1.54) is 19.3 Å². The fraction of sp³-hybridized carbons (Fsp3) is 1.00. The van der Waals surface area contributed by atoms with Crippen molar-refractivity contribution in [3.63, 3.8) is 0 Å². The summed E-state index contributed by atoms with van der Waals surface area (Å²) in [4.78, 5) is 0. The highest BCUT2D eigenvalue weighted by molar-refractivity contribution is 4.85. The van der Waals surface area contributed by atoms with Crippen molar-refractivity contribution >= 4 is 0 Å². The maximum atomic E-state index is 5.66. The molecule has 2 unspecified atom stereocenters. The first-order chi connectivity index (χ1) is 6.59. The van der Waals surface area contributed by atoms with Crippen LogP contribution in [0.3, 0.4) is 0 Å². The van der Waals surface area contributed by atoms with Crippen LogP contribution in [0.2, 0.25) is 0 Å². The number of nitrogens with one attached hydrogen (secondary N) is 1.